The van der Waals surface area contributed by atoms with Gasteiger partial charge in [-0.25, -0.2) is 23.0 Å². The summed E-state index contributed by atoms with van der Waals surface area (Å²) in [5.74, 6) is -0.584. The summed E-state index contributed by atoms with van der Waals surface area (Å²) < 4.78 is 33.0. The van der Waals surface area contributed by atoms with Crippen LogP contribution in [-0.2, 0) is 25.8 Å². The largest absolute Gasteiger partial charge is 0.453 e. The molecule has 0 fully saturated rings. The Morgan fingerprint density at radius 3 is 2.31 bits per heavy atom. The molecule has 0 saturated carbocycles. The number of benzene rings is 2. The Kier molecular flexibility index (Phi) is 16.0. The molecule has 0 aliphatic heterocycles. The number of carbonyl (C=O) groups is 3. The Labute approximate surface area is 308 Å². The van der Waals surface area contributed by atoms with Gasteiger partial charge in [0.05, 0.1) is 36.1 Å². The Morgan fingerprint density at radius 1 is 1.04 bits per heavy atom. The van der Waals surface area contributed by atoms with Crippen LogP contribution in [0.5, 0.6) is 0 Å². The first-order valence-electron chi connectivity index (χ1n) is 16.8. The first-order chi connectivity index (χ1) is 24.7. The van der Waals surface area contributed by atoms with Crippen LogP contribution in [0.2, 0.25) is 0 Å². The molecular formula is C35H49N7O8S2. The Hall–Kier alpha value is -4.58. The van der Waals surface area contributed by atoms with E-state index < -0.39 is 57.3 Å². The van der Waals surface area contributed by atoms with Crippen LogP contribution < -0.4 is 21.3 Å². The van der Waals surface area contributed by atoms with E-state index in [4.69, 9.17) is 5.21 Å². The maximum absolute atomic E-state index is 14.2. The summed E-state index contributed by atoms with van der Waals surface area (Å²) in [5, 5.41) is 34.1. The number of hydrogen-bond acceptors (Lipinski definition) is 12. The zero-order valence-electron chi connectivity index (χ0n) is 30.1. The predicted octanol–water partition coefficient (Wildman–Crippen LogP) is 3.99. The van der Waals surface area contributed by atoms with E-state index in [0.717, 1.165) is 28.0 Å². The van der Waals surface area contributed by atoms with E-state index >= 15 is 0 Å². The fourth-order valence-corrected chi connectivity index (χ4v) is 7.75. The van der Waals surface area contributed by atoms with Crippen molar-refractivity contribution in [1.82, 2.24) is 25.8 Å². The number of oxime groups is 1. The molecule has 0 radical (unpaired) electrons. The van der Waals surface area contributed by atoms with Gasteiger partial charge in [-0.2, -0.15) is 0 Å². The SMILES string of the molecule is CC[C@H](C)[C@H](NC(=O)N(C)C(c1csc(NC(=O)OC)n1)S(=O)(=O)c1ccc(C=NO)cc1)C(=O)N[C@@H](Cc1ccccc1)[C@H](O)CNCC(C)C. The topological polar surface area (TPSA) is 212 Å². The summed E-state index contributed by atoms with van der Waals surface area (Å²) in [6, 6.07) is 12.2. The van der Waals surface area contributed by atoms with Gasteiger partial charge in [0.25, 0.3) is 0 Å². The van der Waals surface area contributed by atoms with Crippen molar-refractivity contribution in [3.05, 3.63) is 76.8 Å². The van der Waals surface area contributed by atoms with Crippen molar-refractivity contribution in [3.8, 4) is 0 Å². The van der Waals surface area contributed by atoms with Gasteiger partial charge < -0.3 is 35.9 Å². The summed E-state index contributed by atoms with van der Waals surface area (Å²) >= 11 is 0.931. The van der Waals surface area contributed by atoms with Crippen molar-refractivity contribution < 1.29 is 37.9 Å². The number of amides is 4. The minimum atomic E-state index is -4.39. The van der Waals surface area contributed by atoms with Gasteiger partial charge in [-0.05, 0) is 48.1 Å². The molecule has 0 aliphatic rings. The zero-order chi connectivity index (χ0) is 38.4. The van der Waals surface area contributed by atoms with Crippen molar-refractivity contribution in [2.75, 3.05) is 32.6 Å². The van der Waals surface area contributed by atoms with E-state index in [0.29, 0.717) is 30.9 Å². The first kappa shape index (κ1) is 41.8. The number of methoxy groups -OCH3 is 1. The van der Waals surface area contributed by atoms with Gasteiger partial charge in [-0.15, -0.1) is 11.3 Å². The number of anilines is 1. The van der Waals surface area contributed by atoms with E-state index in [9.17, 15) is 27.9 Å². The van der Waals surface area contributed by atoms with E-state index in [1.807, 2.05) is 51.1 Å². The van der Waals surface area contributed by atoms with Crippen LogP contribution in [0.15, 0.2) is 70.0 Å². The predicted molar refractivity (Wildman–Crippen MR) is 199 cm³/mol. The van der Waals surface area contributed by atoms with Crippen LogP contribution in [0, 0.1) is 11.8 Å². The van der Waals surface area contributed by atoms with E-state index in [2.05, 4.69) is 36.1 Å². The number of aromatic nitrogens is 1. The van der Waals surface area contributed by atoms with Gasteiger partial charge in [-0.1, -0.05) is 81.7 Å². The number of nitrogens with zero attached hydrogens (tertiary/aromatic N) is 3. The highest BCUT2D eigenvalue weighted by atomic mass is 32.2. The summed E-state index contributed by atoms with van der Waals surface area (Å²) in [7, 11) is -1.96. The molecule has 0 aliphatic carbocycles. The number of rotatable bonds is 18. The molecule has 6 N–H and O–H groups in total. The van der Waals surface area contributed by atoms with Gasteiger partial charge in [0.15, 0.2) is 10.5 Å². The van der Waals surface area contributed by atoms with E-state index in [-0.39, 0.29) is 22.3 Å². The molecule has 2 aromatic carbocycles. The Balaban J connectivity index is 1.95. The van der Waals surface area contributed by atoms with Crippen molar-refractivity contribution in [2.45, 2.75) is 69.0 Å². The van der Waals surface area contributed by atoms with E-state index in [1.165, 1.54) is 43.8 Å². The molecule has 1 unspecified atom stereocenters. The van der Waals surface area contributed by atoms with Gasteiger partial charge in [0.2, 0.25) is 15.7 Å². The number of hydrogen-bond donors (Lipinski definition) is 6. The second kappa shape index (κ2) is 19.9. The smallest absolute Gasteiger partial charge is 0.413 e. The molecule has 0 saturated heterocycles. The fraction of sp³-hybridized carbons (Fsp3) is 0.457. The molecular weight excluding hydrogens is 711 g/mol. The second-order valence-electron chi connectivity index (χ2n) is 12.8. The zero-order valence-corrected chi connectivity index (χ0v) is 31.8. The van der Waals surface area contributed by atoms with Crippen molar-refractivity contribution in [2.24, 2.45) is 17.0 Å². The standard InChI is InChI=1S/C35H49N7O8S2/c1-7-23(4)30(31(44)38-27(17-24-11-9-8-10-12-24)29(43)20-36-18-22(2)3)40-34(45)42(5)32(28-21-51-33(39-28)41-35(46)50-6)52(48,49)26-15-13-25(14-16-26)19-37-47/h8-16,19,21-23,27,29-30,32,36,43,47H,7,17-18,20H2,1-6H3,(H,38,44)(H,40,45)(H,39,41,46)/t23-,27-,29+,30-,32?/m0/s1. The number of aliphatic hydroxyl groups excluding tert-OH is 1. The van der Waals surface area contributed by atoms with Gasteiger partial charge in [-0.3, -0.25) is 10.1 Å². The molecule has 15 nitrogen and oxygen atoms in total. The summed E-state index contributed by atoms with van der Waals surface area (Å²) in [4.78, 5) is 44.9. The summed E-state index contributed by atoms with van der Waals surface area (Å²) in [6.45, 7) is 8.64. The molecule has 0 spiro atoms. The maximum atomic E-state index is 14.2. The lowest BCUT2D eigenvalue weighted by Crippen LogP contribution is -2.58. The number of ether oxygens (including phenoxy) is 1. The number of carbonyl (C=O) groups excluding carboxylic acids is 3. The highest BCUT2D eigenvalue weighted by molar-refractivity contribution is 7.91. The van der Waals surface area contributed by atoms with Crippen LogP contribution in [0.4, 0.5) is 14.7 Å². The van der Waals surface area contributed by atoms with Crippen molar-refractivity contribution in [3.63, 3.8) is 0 Å². The lowest BCUT2D eigenvalue weighted by atomic mass is 9.96. The maximum Gasteiger partial charge on any atom is 0.413 e. The van der Waals surface area contributed by atoms with Crippen LogP contribution in [0.3, 0.4) is 0 Å². The minimum Gasteiger partial charge on any atom is -0.453 e. The average molecular weight is 760 g/mol. The van der Waals surface area contributed by atoms with Crippen LogP contribution >= 0.6 is 11.3 Å². The molecule has 5 atom stereocenters. The molecule has 52 heavy (non-hydrogen) atoms. The number of thiazole rings is 1. The molecule has 3 rings (SSSR count). The highest BCUT2D eigenvalue weighted by Gasteiger charge is 2.39. The van der Waals surface area contributed by atoms with Crippen LogP contribution in [0.1, 0.15) is 56.3 Å². The number of sulfone groups is 1. The third-order valence-corrected chi connectivity index (χ3v) is 11.2. The van der Waals surface area contributed by atoms with Gasteiger partial charge in [0.1, 0.15) is 6.04 Å². The van der Waals surface area contributed by atoms with Crippen molar-refractivity contribution in [1.29, 1.82) is 0 Å². The third-order valence-electron chi connectivity index (χ3n) is 8.32. The van der Waals surface area contributed by atoms with E-state index in [1.54, 1.807) is 6.92 Å². The molecule has 4 amide bonds. The Morgan fingerprint density at radius 2 is 1.71 bits per heavy atom. The van der Waals surface area contributed by atoms with Gasteiger partial charge in [0, 0.05) is 19.0 Å². The molecule has 1 aromatic heterocycles. The molecule has 17 heteroatoms. The summed E-state index contributed by atoms with van der Waals surface area (Å²) in [6.07, 6.45) is 0.170. The van der Waals surface area contributed by atoms with Crippen molar-refractivity contribution >= 4 is 50.6 Å². The lowest BCUT2D eigenvalue weighted by molar-refractivity contribution is -0.125. The monoisotopic (exact) mass is 759 g/mol. The molecule has 3 aromatic rings. The lowest BCUT2D eigenvalue weighted by Gasteiger charge is -2.32. The van der Waals surface area contributed by atoms with Crippen LogP contribution in [0.25, 0.3) is 0 Å². The quantitative estimate of drug-likeness (QED) is 0.0624. The number of nitrogens with one attached hydrogen (secondary N) is 4. The normalized spacial score (nSPS) is 14.6. The molecule has 0 bridgehead atoms. The Bertz CT molecular complexity index is 1740. The second-order valence-corrected chi connectivity index (χ2v) is 15.6. The van der Waals surface area contributed by atoms with Gasteiger partial charge >= 0.3 is 12.1 Å². The molecule has 1 heterocycles. The number of urea groups is 1. The average Bonchev–Trinajstić information content (AvgIpc) is 3.57. The third kappa shape index (κ3) is 11.7. The minimum absolute atomic E-state index is 0.0353. The van der Waals surface area contributed by atoms with Crippen LogP contribution in [-0.4, -0.2) is 98.3 Å². The summed E-state index contributed by atoms with van der Waals surface area (Å²) in [5.41, 5.74) is 1.25. The highest BCUT2D eigenvalue weighted by Crippen LogP contribution is 2.34. The fourth-order valence-electron chi connectivity index (χ4n) is 5.23. The molecule has 284 valence electrons. The first-order valence-corrected chi connectivity index (χ1v) is 19.2. The number of aliphatic hydroxyl groups is 1.